The molecule has 0 spiro atoms. The predicted molar refractivity (Wildman–Crippen MR) is 46.0 cm³/mol. The molecule has 0 bridgehead atoms. The van der Waals surface area contributed by atoms with Crippen molar-refractivity contribution in [3.05, 3.63) is 0 Å². The SMILES string of the molecule is NN(C(=O)C(F)(F)S(=O)(=O)F)C(=O)C(F)(F)S(=O)(=O)F. The highest BCUT2D eigenvalue weighted by Crippen LogP contribution is 2.29. The zero-order valence-electron chi connectivity index (χ0n) is 8.56. The normalized spacial score (nSPS) is 13.9. The number of hydrogen-bond acceptors (Lipinski definition) is 7. The van der Waals surface area contributed by atoms with Gasteiger partial charge in [-0.3, -0.25) is 9.59 Å². The van der Waals surface area contributed by atoms with E-state index in [-0.39, 0.29) is 0 Å². The molecule has 0 saturated carbocycles. The Kier molecular flexibility index (Phi) is 4.50. The summed E-state index contributed by atoms with van der Waals surface area (Å²) in [6.45, 7) is 0. The average molecular weight is 352 g/mol. The van der Waals surface area contributed by atoms with Crippen LogP contribution in [-0.4, -0.2) is 44.2 Å². The molecule has 0 atom stereocenters. The fourth-order valence-corrected chi connectivity index (χ4v) is 1.20. The molecule has 0 rings (SSSR count). The van der Waals surface area contributed by atoms with Crippen LogP contribution in [-0.2, 0) is 30.0 Å². The third-order valence-electron chi connectivity index (χ3n) is 1.55. The molecule has 0 radical (unpaired) electrons. The minimum absolute atomic E-state index is 1.92. The van der Waals surface area contributed by atoms with E-state index in [1.54, 1.807) is 0 Å². The molecule has 0 aliphatic carbocycles. The van der Waals surface area contributed by atoms with E-state index in [0.29, 0.717) is 0 Å². The van der Waals surface area contributed by atoms with Crippen molar-refractivity contribution in [3.63, 3.8) is 0 Å². The molecule has 0 unspecified atom stereocenters. The summed E-state index contributed by atoms with van der Waals surface area (Å²) < 4.78 is 114. The van der Waals surface area contributed by atoms with Crippen molar-refractivity contribution in [1.29, 1.82) is 0 Å². The summed E-state index contributed by atoms with van der Waals surface area (Å²) in [5.41, 5.74) is 0. The van der Waals surface area contributed by atoms with Crippen molar-refractivity contribution >= 4 is 32.3 Å². The van der Waals surface area contributed by atoms with E-state index in [2.05, 4.69) is 5.84 Å². The van der Waals surface area contributed by atoms with Gasteiger partial charge < -0.3 is 0 Å². The van der Waals surface area contributed by atoms with Gasteiger partial charge in [0.25, 0.3) is 0 Å². The number of halogens is 6. The first kappa shape index (κ1) is 18.6. The summed E-state index contributed by atoms with van der Waals surface area (Å²) in [5.74, 6) is -3.06. The molecule has 2 amide bonds. The first-order chi connectivity index (χ1) is 8.48. The number of alkyl halides is 4. The highest BCUT2D eigenvalue weighted by Gasteiger charge is 2.62. The van der Waals surface area contributed by atoms with Gasteiger partial charge in [0.1, 0.15) is 0 Å². The zero-order chi connectivity index (χ0) is 16.7. The molecule has 16 heteroatoms. The Morgan fingerprint density at radius 2 is 1.00 bits per heavy atom. The monoisotopic (exact) mass is 352 g/mol. The molecule has 2 N–H and O–H groups in total. The van der Waals surface area contributed by atoms with Gasteiger partial charge in [-0.15, -0.1) is 0 Å². The van der Waals surface area contributed by atoms with E-state index in [1.807, 2.05) is 0 Å². The van der Waals surface area contributed by atoms with Gasteiger partial charge in [0.05, 0.1) is 0 Å². The topological polar surface area (TPSA) is 132 Å². The van der Waals surface area contributed by atoms with E-state index >= 15 is 0 Å². The number of rotatable bonds is 4. The number of carbonyl (C=O) groups is 2. The van der Waals surface area contributed by atoms with Gasteiger partial charge in [0, 0.05) is 0 Å². The molecule has 0 aromatic rings. The van der Waals surface area contributed by atoms with Gasteiger partial charge in [-0.2, -0.15) is 34.4 Å². The lowest BCUT2D eigenvalue weighted by Crippen LogP contribution is -2.58. The molecule has 0 aromatic heterocycles. The second-order valence-electron chi connectivity index (χ2n) is 2.89. The molecular formula is C4H2F6N2O6S2. The Labute approximate surface area is 106 Å². The lowest BCUT2D eigenvalue weighted by molar-refractivity contribution is -0.164. The lowest BCUT2D eigenvalue weighted by atomic mass is 10.5. The second kappa shape index (κ2) is 4.85. The minimum Gasteiger partial charge on any atom is -0.264 e. The van der Waals surface area contributed by atoms with E-state index in [1.165, 1.54) is 0 Å². The number of nitrogens with two attached hydrogens (primary N) is 1. The van der Waals surface area contributed by atoms with Crippen LogP contribution < -0.4 is 5.84 Å². The highest BCUT2D eigenvalue weighted by molar-refractivity contribution is 7.88. The zero-order valence-corrected chi connectivity index (χ0v) is 10.2. The fraction of sp³-hybridized carbons (Fsp3) is 0.500. The van der Waals surface area contributed by atoms with Crippen LogP contribution in [0.1, 0.15) is 0 Å². The Hall–Kier alpha value is -1.42. The van der Waals surface area contributed by atoms with Crippen molar-refractivity contribution in [1.82, 2.24) is 5.01 Å². The molecule has 0 aliphatic rings. The third-order valence-corrected chi connectivity index (χ3v) is 3.12. The summed E-state index contributed by atoms with van der Waals surface area (Å²) in [6.07, 6.45) is 0. The number of nitrogens with zero attached hydrogens (tertiary/aromatic N) is 1. The Bertz CT molecular complexity index is 584. The van der Waals surface area contributed by atoms with Crippen LogP contribution in [0.5, 0.6) is 0 Å². The Balaban J connectivity index is 5.68. The average Bonchev–Trinajstić information content (AvgIpc) is 2.22. The summed E-state index contributed by atoms with van der Waals surface area (Å²) in [4.78, 5) is 21.2. The smallest absolute Gasteiger partial charge is 0.264 e. The second-order valence-corrected chi connectivity index (χ2v) is 5.67. The molecule has 0 heterocycles. The molecule has 8 nitrogen and oxygen atoms in total. The van der Waals surface area contributed by atoms with Gasteiger partial charge in [0.2, 0.25) is 0 Å². The van der Waals surface area contributed by atoms with Crippen molar-refractivity contribution < 1.29 is 51.8 Å². The molecule has 0 aliphatic heterocycles. The molecule has 0 aromatic carbocycles. The maximum absolute atomic E-state index is 12.5. The standard InChI is InChI=1S/C4H2F6N2O6S2/c5-3(6,19(9,15)16)1(13)12(11)2(14)4(7,8)20(10,17)18/h11H2. The van der Waals surface area contributed by atoms with Crippen LogP contribution >= 0.6 is 0 Å². The van der Waals surface area contributed by atoms with Gasteiger partial charge in [0.15, 0.2) is 0 Å². The van der Waals surface area contributed by atoms with Gasteiger partial charge >= 0.3 is 42.8 Å². The molecule has 118 valence electrons. The van der Waals surface area contributed by atoms with Gasteiger partial charge in [-0.1, -0.05) is 7.77 Å². The maximum atomic E-state index is 12.5. The number of hydrogen-bond donors (Lipinski definition) is 1. The molecule has 20 heavy (non-hydrogen) atoms. The first-order valence-corrected chi connectivity index (χ1v) is 6.52. The Morgan fingerprint density at radius 3 is 1.15 bits per heavy atom. The summed E-state index contributed by atoms with van der Waals surface area (Å²) in [5, 5.41) is -14.0. The molecule has 0 saturated heterocycles. The van der Waals surface area contributed by atoms with Crippen molar-refractivity contribution in [3.8, 4) is 0 Å². The number of hydrazine groups is 1. The van der Waals surface area contributed by atoms with Crippen LogP contribution in [0.3, 0.4) is 0 Å². The molecule has 0 fully saturated rings. The number of amides is 2. The quantitative estimate of drug-likeness (QED) is 0.226. The van der Waals surface area contributed by atoms with Crippen LogP contribution in [0.25, 0.3) is 0 Å². The summed E-state index contributed by atoms with van der Waals surface area (Å²) in [6, 6.07) is 0. The lowest BCUT2D eigenvalue weighted by Gasteiger charge is -2.21. The number of carbonyl (C=O) groups excluding carboxylic acids is 2. The summed E-state index contributed by atoms with van der Waals surface area (Å²) >= 11 is 0. The minimum atomic E-state index is -7.01. The molecular weight excluding hydrogens is 350 g/mol. The van der Waals surface area contributed by atoms with Crippen molar-refractivity contribution in [2.75, 3.05) is 0 Å². The van der Waals surface area contributed by atoms with Crippen LogP contribution in [0, 0.1) is 0 Å². The van der Waals surface area contributed by atoms with Crippen LogP contribution in [0.4, 0.5) is 25.3 Å². The maximum Gasteiger partial charge on any atom is 0.453 e. The van der Waals surface area contributed by atoms with E-state index in [4.69, 9.17) is 0 Å². The van der Waals surface area contributed by atoms with Crippen molar-refractivity contribution in [2.45, 2.75) is 10.5 Å². The van der Waals surface area contributed by atoms with Crippen LogP contribution in [0.2, 0.25) is 0 Å². The largest absolute Gasteiger partial charge is 0.453 e. The third kappa shape index (κ3) is 3.01. The van der Waals surface area contributed by atoms with Crippen LogP contribution in [0.15, 0.2) is 0 Å². The van der Waals surface area contributed by atoms with E-state index in [0.717, 1.165) is 0 Å². The van der Waals surface area contributed by atoms with Gasteiger partial charge in [-0.05, 0) is 0 Å². The highest BCUT2D eigenvalue weighted by atomic mass is 32.3. The predicted octanol–water partition coefficient (Wildman–Crippen LogP) is -1.00. The fourth-order valence-electron chi connectivity index (χ4n) is 0.581. The summed E-state index contributed by atoms with van der Waals surface area (Å²) in [7, 11) is -14.0. The Morgan fingerprint density at radius 1 is 0.800 bits per heavy atom. The van der Waals surface area contributed by atoms with Gasteiger partial charge in [-0.25, -0.2) is 10.9 Å². The van der Waals surface area contributed by atoms with Crippen molar-refractivity contribution in [2.24, 2.45) is 5.84 Å². The van der Waals surface area contributed by atoms with E-state index in [9.17, 15) is 51.8 Å². The number of imide groups is 1. The van der Waals surface area contributed by atoms with E-state index < -0.39 is 47.8 Å². The first-order valence-electron chi connectivity index (χ1n) is 3.75.